The van der Waals surface area contributed by atoms with E-state index >= 15 is 0 Å². The lowest BCUT2D eigenvalue weighted by Crippen LogP contribution is -2.42. The first kappa shape index (κ1) is 7.84. The van der Waals surface area contributed by atoms with Crippen LogP contribution in [0.15, 0.2) is 0 Å². The average Bonchev–Trinajstić information content (AvgIpc) is 2.07. The molecule has 1 aliphatic heterocycles. The number of nitrogens with one attached hydrogen (secondary N) is 2. The Balaban J connectivity index is 2.79. The van der Waals surface area contributed by atoms with E-state index < -0.39 is 0 Å². The predicted octanol–water partition coefficient (Wildman–Crippen LogP) is -0.318. The monoisotopic (exact) mass is 156 g/mol. The van der Waals surface area contributed by atoms with Crippen molar-refractivity contribution in [3.63, 3.8) is 0 Å². The smallest absolute Gasteiger partial charge is 0.324 e. The topological polar surface area (TPSA) is 82.2 Å². The molecule has 0 radical (unpaired) electrons. The van der Waals surface area contributed by atoms with Gasteiger partial charge in [-0.3, -0.25) is 10.3 Å². The third-order valence-electron chi connectivity index (χ3n) is 1.96. The van der Waals surface area contributed by atoms with Crippen molar-refractivity contribution in [1.82, 2.24) is 10.2 Å². The molecule has 4 N–H and O–H groups in total. The quantitative estimate of drug-likeness (QED) is 0.332. The van der Waals surface area contributed by atoms with Crippen molar-refractivity contribution in [2.75, 3.05) is 0 Å². The van der Waals surface area contributed by atoms with Crippen molar-refractivity contribution in [1.29, 1.82) is 5.41 Å². The Labute approximate surface area is 65.1 Å². The first-order valence-corrected chi connectivity index (χ1v) is 3.47. The Morgan fingerprint density at radius 3 is 2.45 bits per heavy atom. The fraction of sp³-hybridized carbons (Fsp3) is 0.667. The van der Waals surface area contributed by atoms with Crippen LogP contribution < -0.4 is 11.1 Å². The zero-order valence-electron chi connectivity index (χ0n) is 6.59. The van der Waals surface area contributed by atoms with Gasteiger partial charge in [0.1, 0.15) is 0 Å². The number of amides is 2. The molecule has 1 fully saturated rings. The summed E-state index contributed by atoms with van der Waals surface area (Å²) in [4.78, 5) is 12.3. The van der Waals surface area contributed by atoms with Gasteiger partial charge in [0.15, 0.2) is 5.96 Å². The number of carbonyl (C=O) groups excluding carboxylic acids is 1. The van der Waals surface area contributed by atoms with Crippen molar-refractivity contribution in [3.05, 3.63) is 0 Å². The highest BCUT2D eigenvalue weighted by molar-refractivity contribution is 5.96. The van der Waals surface area contributed by atoms with E-state index in [-0.39, 0.29) is 24.1 Å². The van der Waals surface area contributed by atoms with Crippen LogP contribution in [0.1, 0.15) is 13.8 Å². The number of hydrogen-bond donors (Lipinski definition) is 3. The molecule has 0 spiro atoms. The number of guanidine groups is 1. The van der Waals surface area contributed by atoms with Crippen LogP contribution in [0.3, 0.4) is 0 Å². The van der Waals surface area contributed by atoms with Gasteiger partial charge in [0, 0.05) is 6.04 Å². The molecule has 1 aliphatic rings. The molecular formula is C6H12N4O. The molecule has 62 valence electrons. The number of nitrogens with two attached hydrogens (primary N) is 1. The summed E-state index contributed by atoms with van der Waals surface area (Å²) >= 11 is 0. The largest absolute Gasteiger partial charge is 0.370 e. The van der Waals surface area contributed by atoms with Gasteiger partial charge in [-0.2, -0.15) is 0 Å². The summed E-state index contributed by atoms with van der Waals surface area (Å²) in [5.74, 6) is -0.195. The Hall–Kier alpha value is -1.26. The maximum atomic E-state index is 11.0. The highest BCUT2D eigenvalue weighted by Crippen LogP contribution is 2.11. The summed E-state index contributed by atoms with van der Waals surface area (Å²) in [5.41, 5.74) is 5.19. The van der Waals surface area contributed by atoms with E-state index in [0.29, 0.717) is 0 Å². The molecule has 11 heavy (non-hydrogen) atoms. The lowest BCUT2D eigenvalue weighted by Gasteiger charge is -2.18. The summed E-state index contributed by atoms with van der Waals surface area (Å²) in [6, 6.07) is -0.246. The zero-order valence-corrected chi connectivity index (χ0v) is 6.59. The highest BCUT2D eigenvalue weighted by Gasteiger charge is 2.34. The maximum absolute atomic E-state index is 11.0. The standard InChI is InChI=1S/C6H12N4O/c1-3-4(2)10(5(7)8)6(11)9-3/h3-4H,1-2H3,(H3,7,8)(H,9,11). The maximum Gasteiger partial charge on any atom is 0.324 e. The van der Waals surface area contributed by atoms with E-state index in [1.165, 1.54) is 4.90 Å². The van der Waals surface area contributed by atoms with Crippen LogP contribution in [0.5, 0.6) is 0 Å². The molecule has 0 aromatic carbocycles. The lowest BCUT2D eigenvalue weighted by atomic mass is 10.2. The van der Waals surface area contributed by atoms with Crippen LogP contribution >= 0.6 is 0 Å². The zero-order chi connectivity index (χ0) is 8.59. The van der Waals surface area contributed by atoms with E-state index in [1.807, 2.05) is 13.8 Å². The van der Waals surface area contributed by atoms with Gasteiger partial charge in [0.2, 0.25) is 0 Å². The van der Waals surface area contributed by atoms with Gasteiger partial charge in [-0.15, -0.1) is 0 Å². The van der Waals surface area contributed by atoms with Crippen LogP contribution in [-0.4, -0.2) is 29.0 Å². The summed E-state index contributed by atoms with van der Waals surface area (Å²) in [7, 11) is 0. The van der Waals surface area contributed by atoms with Crippen LogP contribution in [0.4, 0.5) is 4.79 Å². The molecule has 0 bridgehead atoms. The van der Waals surface area contributed by atoms with Gasteiger partial charge in [-0.1, -0.05) is 0 Å². The van der Waals surface area contributed by atoms with E-state index in [9.17, 15) is 4.79 Å². The number of rotatable bonds is 0. The van der Waals surface area contributed by atoms with E-state index in [0.717, 1.165) is 0 Å². The Morgan fingerprint density at radius 2 is 2.27 bits per heavy atom. The fourth-order valence-corrected chi connectivity index (χ4v) is 1.12. The SMILES string of the molecule is CC1NC(=O)N(C(=N)N)C1C. The molecule has 5 heteroatoms. The molecule has 2 atom stereocenters. The minimum Gasteiger partial charge on any atom is -0.370 e. The Morgan fingerprint density at radius 1 is 1.73 bits per heavy atom. The summed E-state index contributed by atoms with van der Waals surface area (Å²) in [6.07, 6.45) is 0. The van der Waals surface area contributed by atoms with Crippen molar-refractivity contribution in [2.24, 2.45) is 5.73 Å². The first-order chi connectivity index (χ1) is 5.04. The van der Waals surface area contributed by atoms with Gasteiger partial charge in [0.05, 0.1) is 6.04 Å². The molecule has 0 aromatic rings. The molecular weight excluding hydrogens is 144 g/mol. The second-order valence-corrected chi connectivity index (χ2v) is 2.73. The molecule has 0 aliphatic carbocycles. The van der Waals surface area contributed by atoms with Crippen LogP contribution in [0.25, 0.3) is 0 Å². The van der Waals surface area contributed by atoms with Crippen LogP contribution in [0, 0.1) is 5.41 Å². The van der Waals surface area contributed by atoms with Crippen LogP contribution in [-0.2, 0) is 0 Å². The van der Waals surface area contributed by atoms with E-state index in [1.54, 1.807) is 0 Å². The van der Waals surface area contributed by atoms with Crippen molar-refractivity contribution < 1.29 is 4.79 Å². The van der Waals surface area contributed by atoms with Crippen molar-refractivity contribution in [2.45, 2.75) is 25.9 Å². The highest BCUT2D eigenvalue weighted by atomic mass is 16.2. The minimum absolute atomic E-state index is 0.0278. The van der Waals surface area contributed by atoms with Crippen molar-refractivity contribution >= 4 is 12.0 Å². The first-order valence-electron chi connectivity index (χ1n) is 3.47. The summed E-state index contributed by atoms with van der Waals surface area (Å²) in [5, 5.41) is 9.75. The minimum atomic E-state index is -0.280. The average molecular weight is 156 g/mol. The Kier molecular flexibility index (Phi) is 1.72. The number of nitrogens with zero attached hydrogens (tertiary/aromatic N) is 1. The van der Waals surface area contributed by atoms with Crippen molar-refractivity contribution in [3.8, 4) is 0 Å². The second kappa shape index (κ2) is 2.41. The third kappa shape index (κ3) is 1.13. The van der Waals surface area contributed by atoms with Gasteiger partial charge in [0.25, 0.3) is 0 Å². The lowest BCUT2D eigenvalue weighted by molar-refractivity contribution is 0.229. The number of hydrogen-bond acceptors (Lipinski definition) is 2. The normalized spacial score (nSPS) is 30.4. The summed E-state index contributed by atoms with van der Waals surface area (Å²) in [6.45, 7) is 3.73. The molecule has 0 saturated carbocycles. The fourth-order valence-electron chi connectivity index (χ4n) is 1.12. The molecule has 2 amide bonds. The summed E-state index contributed by atoms with van der Waals surface area (Å²) < 4.78 is 0. The van der Waals surface area contributed by atoms with Gasteiger partial charge < -0.3 is 11.1 Å². The molecule has 1 saturated heterocycles. The predicted molar refractivity (Wildman–Crippen MR) is 41.2 cm³/mol. The third-order valence-corrected chi connectivity index (χ3v) is 1.96. The number of carbonyl (C=O) groups is 1. The second-order valence-electron chi connectivity index (χ2n) is 2.73. The number of urea groups is 1. The van der Waals surface area contributed by atoms with Crippen LogP contribution in [0.2, 0.25) is 0 Å². The van der Waals surface area contributed by atoms with Gasteiger partial charge in [-0.25, -0.2) is 4.79 Å². The molecule has 0 aromatic heterocycles. The van der Waals surface area contributed by atoms with E-state index in [2.05, 4.69) is 5.32 Å². The molecule has 1 rings (SSSR count). The Bertz CT molecular complexity index is 203. The molecule has 5 nitrogen and oxygen atoms in total. The molecule has 2 unspecified atom stereocenters. The van der Waals surface area contributed by atoms with Gasteiger partial charge >= 0.3 is 6.03 Å². The molecule has 1 heterocycles. The van der Waals surface area contributed by atoms with E-state index in [4.69, 9.17) is 11.1 Å². The van der Waals surface area contributed by atoms with Gasteiger partial charge in [-0.05, 0) is 13.8 Å².